The molecule has 0 aromatic carbocycles. The van der Waals surface area contributed by atoms with E-state index in [1.54, 1.807) is 30.6 Å². The first kappa shape index (κ1) is 23.0. The molecule has 4 heterocycles. The molecule has 4 rings (SSSR count). The van der Waals surface area contributed by atoms with E-state index in [-0.39, 0.29) is 11.1 Å². The minimum absolute atomic E-state index is 0.208. The third-order valence-corrected chi connectivity index (χ3v) is 6.10. The Morgan fingerprint density at radius 1 is 1.06 bits per heavy atom. The molecule has 0 atom stereocenters. The summed E-state index contributed by atoms with van der Waals surface area (Å²) in [5, 5.41) is 13.1. The van der Waals surface area contributed by atoms with Crippen molar-refractivity contribution in [2.75, 3.05) is 12.4 Å². The number of halogens is 2. The van der Waals surface area contributed by atoms with Crippen LogP contribution in [0.3, 0.4) is 0 Å². The predicted molar refractivity (Wildman–Crippen MR) is 128 cm³/mol. The SMILES string of the molecule is COc1c(-c2cc(C)ncc2C(=O)Nc2nnc(CCc3ccc(Cl)cn3)s2)ccnc1Cl. The van der Waals surface area contributed by atoms with Crippen LogP contribution in [0.5, 0.6) is 5.75 Å². The first-order valence-corrected chi connectivity index (χ1v) is 11.4. The van der Waals surface area contributed by atoms with Crippen molar-refractivity contribution in [2.45, 2.75) is 19.8 Å². The number of pyridine rings is 3. The highest BCUT2D eigenvalue weighted by atomic mass is 35.5. The third kappa shape index (κ3) is 5.44. The number of rotatable bonds is 7. The maximum atomic E-state index is 13.1. The Balaban J connectivity index is 1.53. The van der Waals surface area contributed by atoms with Gasteiger partial charge in [0.15, 0.2) is 10.9 Å². The van der Waals surface area contributed by atoms with Crippen LogP contribution < -0.4 is 10.1 Å². The summed E-state index contributed by atoms with van der Waals surface area (Å²) in [6.07, 6.45) is 6.02. The maximum absolute atomic E-state index is 13.1. The summed E-state index contributed by atoms with van der Waals surface area (Å²) in [6, 6.07) is 7.21. The molecule has 0 bridgehead atoms. The number of amides is 1. The first-order chi connectivity index (χ1) is 15.9. The van der Waals surface area contributed by atoms with E-state index in [1.807, 2.05) is 13.0 Å². The molecule has 4 aromatic heterocycles. The minimum atomic E-state index is -0.366. The molecule has 33 heavy (non-hydrogen) atoms. The Bertz CT molecular complexity index is 1300. The van der Waals surface area contributed by atoms with Crippen LogP contribution in [-0.4, -0.2) is 38.2 Å². The van der Waals surface area contributed by atoms with Gasteiger partial charge in [-0.05, 0) is 37.6 Å². The molecule has 1 amide bonds. The predicted octanol–water partition coefficient (Wildman–Crippen LogP) is 5.05. The molecular weight excluding hydrogens is 483 g/mol. The van der Waals surface area contributed by atoms with Gasteiger partial charge >= 0.3 is 0 Å². The van der Waals surface area contributed by atoms with Crippen molar-refractivity contribution in [3.05, 3.63) is 75.0 Å². The Hall–Kier alpha value is -3.14. The van der Waals surface area contributed by atoms with Gasteiger partial charge in [0.05, 0.1) is 17.7 Å². The van der Waals surface area contributed by atoms with Crippen LogP contribution in [0, 0.1) is 6.92 Å². The second kappa shape index (κ2) is 10.2. The van der Waals surface area contributed by atoms with Gasteiger partial charge in [0.2, 0.25) is 5.13 Å². The topological polar surface area (TPSA) is 103 Å². The Morgan fingerprint density at radius 2 is 1.91 bits per heavy atom. The lowest BCUT2D eigenvalue weighted by molar-refractivity contribution is 0.102. The number of nitrogens with zero attached hydrogens (tertiary/aromatic N) is 5. The molecule has 0 saturated heterocycles. The van der Waals surface area contributed by atoms with Gasteiger partial charge in [0.1, 0.15) is 5.01 Å². The van der Waals surface area contributed by atoms with Crippen LogP contribution in [-0.2, 0) is 12.8 Å². The highest BCUT2D eigenvalue weighted by Gasteiger charge is 2.20. The summed E-state index contributed by atoms with van der Waals surface area (Å²) in [5.41, 5.74) is 3.26. The summed E-state index contributed by atoms with van der Waals surface area (Å²) in [6.45, 7) is 1.84. The average Bonchev–Trinajstić information content (AvgIpc) is 3.25. The smallest absolute Gasteiger partial charge is 0.259 e. The van der Waals surface area contributed by atoms with Gasteiger partial charge in [-0.3, -0.25) is 20.1 Å². The molecule has 0 aliphatic heterocycles. The molecule has 0 saturated carbocycles. The number of anilines is 1. The zero-order valence-corrected chi connectivity index (χ0v) is 20.0. The second-order valence-corrected chi connectivity index (χ2v) is 8.83. The molecule has 0 spiro atoms. The van der Waals surface area contributed by atoms with E-state index in [0.717, 1.165) is 16.4 Å². The van der Waals surface area contributed by atoms with Crippen LogP contribution in [0.4, 0.5) is 5.13 Å². The zero-order chi connectivity index (χ0) is 23.4. The van der Waals surface area contributed by atoms with E-state index >= 15 is 0 Å². The van der Waals surface area contributed by atoms with Gasteiger partial charge in [0.25, 0.3) is 5.91 Å². The summed E-state index contributed by atoms with van der Waals surface area (Å²) in [7, 11) is 1.50. The molecule has 0 aliphatic carbocycles. The molecule has 8 nitrogen and oxygen atoms in total. The maximum Gasteiger partial charge on any atom is 0.259 e. The monoisotopic (exact) mass is 500 g/mol. The van der Waals surface area contributed by atoms with Gasteiger partial charge in [-0.15, -0.1) is 10.2 Å². The number of aromatic nitrogens is 5. The number of methoxy groups -OCH3 is 1. The molecular formula is C22H18Cl2N6O2S. The van der Waals surface area contributed by atoms with E-state index < -0.39 is 0 Å². The third-order valence-electron chi connectivity index (χ3n) is 4.71. The summed E-state index contributed by atoms with van der Waals surface area (Å²) in [5.74, 6) is 0.0161. The lowest BCUT2D eigenvalue weighted by Crippen LogP contribution is -2.14. The Labute approximate surface area is 204 Å². The standard InChI is InChI=1S/C22H18Cl2N6O2S/c1-12-9-16(15-7-8-25-20(24)19(15)32-2)17(11-26-12)21(31)28-22-30-29-18(33-22)6-5-14-4-3-13(23)10-27-14/h3-4,7-11H,5-6H2,1-2H3,(H,28,30,31). The highest BCUT2D eigenvalue weighted by Crippen LogP contribution is 2.36. The van der Waals surface area contributed by atoms with Crippen molar-refractivity contribution < 1.29 is 9.53 Å². The van der Waals surface area contributed by atoms with Gasteiger partial charge < -0.3 is 4.74 Å². The number of hydrogen-bond acceptors (Lipinski definition) is 8. The van der Waals surface area contributed by atoms with Crippen molar-refractivity contribution in [2.24, 2.45) is 0 Å². The molecule has 4 aromatic rings. The molecule has 168 valence electrons. The summed E-state index contributed by atoms with van der Waals surface area (Å²) >= 11 is 13.4. The molecule has 0 aliphatic rings. The van der Waals surface area contributed by atoms with E-state index in [1.165, 1.54) is 24.6 Å². The van der Waals surface area contributed by atoms with Crippen molar-refractivity contribution >= 4 is 45.6 Å². The van der Waals surface area contributed by atoms with E-state index in [0.29, 0.717) is 45.4 Å². The van der Waals surface area contributed by atoms with Crippen LogP contribution in [0.25, 0.3) is 11.1 Å². The number of nitrogens with one attached hydrogen (secondary N) is 1. The normalized spacial score (nSPS) is 10.8. The Kier molecular flexibility index (Phi) is 7.12. The lowest BCUT2D eigenvalue weighted by Gasteiger charge is -2.13. The molecule has 0 fully saturated rings. The number of ether oxygens (including phenoxy) is 1. The fourth-order valence-corrected chi connectivity index (χ4v) is 4.23. The summed E-state index contributed by atoms with van der Waals surface area (Å²) in [4.78, 5) is 25.7. The molecule has 1 N–H and O–H groups in total. The van der Waals surface area contributed by atoms with Crippen LogP contribution >= 0.6 is 34.5 Å². The van der Waals surface area contributed by atoms with E-state index in [4.69, 9.17) is 27.9 Å². The van der Waals surface area contributed by atoms with Crippen molar-refractivity contribution in [3.8, 4) is 16.9 Å². The number of aryl methyl sites for hydroxylation is 3. The van der Waals surface area contributed by atoms with Crippen molar-refractivity contribution in [1.82, 2.24) is 25.1 Å². The van der Waals surface area contributed by atoms with Gasteiger partial charge in [-0.25, -0.2) is 4.98 Å². The lowest BCUT2D eigenvalue weighted by atomic mass is 10.0. The number of carbonyl (C=O) groups excluding carboxylic acids is 1. The minimum Gasteiger partial charge on any atom is -0.493 e. The fourth-order valence-electron chi connectivity index (χ4n) is 3.15. The number of carbonyl (C=O) groups is 1. The fraction of sp³-hybridized carbons (Fsp3) is 0.182. The van der Waals surface area contributed by atoms with Crippen LogP contribution in [0.1, 0.15) is 26.8 Å². The largest absolute Gasteiger partial charge is 0.493 e. The average molecular weight is 501 g/mol. The van der Waals surface area contributed by atoms with Crippen LogP contribution in [0.15, 0.2) is 42.9 Å². The van der Waals surface area contributed by atoms with Crippen molar-refractivity contribution in [1.29, 1.82) is 0 Å². The molecule has 0 radical (unpaired) electrons. The van der Waals surface area contributed by atoms with Crippen LogP contribution in [0.2, 0.25) is 10.2 Å². The van der Waals surface area contributed by atoms with Crippen molar-refractivity contribution in [3.63, 3.8) is 0 Å². The van der Waals surface area contributed by atoms with Gasteiger partial charge in [-0.2, -0.15) is 0 Å². The van der Waals surface area contributed by atoms with Gasteiger partial charge in [-0.1, -0.05) is 34.5 Å². The summed E-state index contributed by atoms with van der Waals surface area (Å²) < 4.78 is 5.42. The second-order valence-electron chi connectivity index (χ2n) is 6.98. The Morgan fingerprint density at radius 3 is 2.67 bits per heavy atom. The zero-order valence-electron chi connectivity index (χ0n) is 17.7. The van der Waals surface area contributed by atoms with E-state index in [2.05, 4.69) is 30.5 Å². The van der Waals surface area contributed by atoms with Gasteiger partial charge in [0, 0.05) is 47.5 Å². The molecule has 11 heteroatoms. The van der Waals surface area contributed by atoms with E-state index in [9.17, 15) is 4.79 Å². The molecule has 0 unspecified atom stereocenters. The quantitative estimate of drug-likeness (QED) is 0.354. The highest BCUT2D eigenvalue weighted by molar-refractivity contribution is 7.15. The first-order valence-electron chi connectivity index (χ1n) is 9.84. The number of hydrogen-bond donors (Lipinski definition) is 1.